The van der Waals surface area contributed by atoms with E-state index in [-0.39, 0.29) is 11.4 Å². The molecule has 0 aliphatic rings. The van der Waals surface area contributed by atoms with Crippen LogP contribution in [-0.2, 0) is 0 Å². The van der Waals surface area contributed by atoms with Crippen molar-refractivity contribution in [3.05, 3.63) is 101 Å². The number of fused-ring (bicyclic) bond motifs is 1. The summed E-state index contributed by atoms with van der Waals surface area (Å²) in [6.45, 7) is 0. The first-order valence-corrected chi connectivity index (χ1v) is 11.1. The number of nitrogens with zero attached hydrogens (tertiary/aromatic N) is 5. The van der Waals surface area contributed by atoms with Crippen LogP contribution in [0.25, 0.3) is 28.2 Å². The standard InChI is InChI=1S/C25H15Cl2N5O3/c26-18-8-6-15(7-9-18)24(33)31(25(34)35)21-14-17(10-12-28-21)23-22(16-3-1-4-19(27)13-16)30-20-5-2-11-29-32(20)23/h1-14H,(H,34,35). The Kier molecular flexibility index (Phi) is 5.90. The van der Waals surface area contributed by atoms with Crippen molar-refractivity contribution in [2.75, 3.05) is 4.90 Å². The minimum absolute atomic E-state index is 0.0714. The molecular weight excluding hydrogens is 489 g/mol. The number of carbonyl (C=O) groups excluding carboxylic acids is 1. The molecule has 0 saturated heterocycles. The second kappa shape index (κ2) is 9.17. The van der Waals surface area contributed by atoms with Gasteiger partial charge in [-0.3, -0.25) is 4.79 Å². The van der Waals surface area contributed by atoms with Gasteiger partial charge in [0, 0.05) is 39.1 Å². The zero-order chi connectivity index (χ0) is 24.5. The molecule has 0 saturated carbocycles. The Balaban J connectivity index is 1.66. The highest BCUT2D eigenvalue weighted by atomic mass is 35.5. The molecule has 0 fully saturated rings. The van der Waals surface area contributed by atoms with Crippen LogP contribution in [0, 0.1) is 0 Å². The quantitative estimate of drug-likeness (QED) is 0.318. The maximum Gasteiger partial charge on any atom is 0.420 e. The molecule has 2 aromatic carbocycles. The van der Waals surface area contributed by atoms with E-state index in [1.165, 1.54) is 36.5 Å². The lowest BCUT2D eigenvalue weighted by molar-refractivity contribution is 0.0982. The average Bonchev–Trinajstić information content (AvgIpc) is 3.24. The molecule has 10 heteroatoms. The zero-order valence-corrected chi connectivity index (χ0v) is 19.4. The topological polar surface area (TPSA) is 101 Å². The highest BCUT2D eigenvalue weighted by Gasteiger charge is 2.27. The van der Waals surface area contributed by atoms with Crippen molar-refractivity contribution in [3.8, 4) is 22.5 Å². The summed E-state index contributed by atoms with van der Waals surface area (Å²) in [5.74, 6) is -0.831. The Morgan fingerprint density at radius 3 is 2.40 bits per heavy atom. The van der Waals surface area contributed by atoms with E-state index in [4.69, 9.17) is 28.2 Å². The highest BCUT2D eigenvalue weighted by Crippen LogP contribution is 2.34. The molecule has 3 heterocycles. The fraction of sp³-hybridized carbons (Fsp3) is 0. The van der Waals surface area contributed by atoms with Crippen molar-refractivity contribution in [1.82, 2.24) is 19.6 Å². The number of imidazole rings is 1. The molecule has 8 nitrogen and oxygen atoms in total. The number of hydrogen-bond acceptors (Lipinski definition) is 5. The van der Waals surface area contributed by atoms with E-state index in [0.29, 0.717) is 37.5 Å². The van der Waals surface area contributed by atoms with Crippen molar-refractivity contribution >= 4 is 46.7 Å². The Hall–Kier alpha value is -4.27. The predicted molar refractivity (Wildman–Crippen MR) is 133 cm³/mol. The van der Waals surface area contributed by atoms with Gasteiger partial charge in [-0.25, -0.2) is 19.3 Å². The molecule has 1 N–H and O–H groups in total. The molecule has 5 rings (SSSR count). The van der Waals surface area contributed by atoms with Crippen molar-refractivity contribution in [2.24, 2.45) is 0 Å². The molecule has 3 aromatic heterocycles. The van der Waals surface area contributed by atoms with E-state index in [2.05, 4.69) is 10.1 Å². The van der Waals surface area contributed by atoms with E-state index < -0.39 is 12.0 Å². The van der Waals surface area contributed by atoms with E-state index in [0.717, 1.165) is 5.56 Å². The Labute approximate surface area is 209 Å². The number of anilines is 1. The summed E-state index contributed by atoms with van der Waals surface area (Å²) in [6.07, 6.45) is 1.58. The van der Waals surface area contributed by atoms with Crippen molar-refractivity contribution in [2.45, 2.75) is 0 Å². The van der Waals surface area contributed by atoms with Crippen LogP contribution >= 0.6 is 23.2 Å². The van der Waals surface area contributed by atoms with E-state index in [9.17, 15) is 14.7 Å². The fourth-order valence-electron chi connectivity index (χ4n) is 3.68. The summed E-state index contributed by atoms with van der Waals surface area (Å²) in [7, 11) is 0. The molecular formula is C25H15Cl2N5O3. The first-order valence-electron chi connectivity index (χ1n) is 10.3. The summed E-state index contributed by atoms with van der Waals surface area (Å²) < 4.78 is 1.64. The van der Waals surface area contributed by atoms with Crippen LogP contribution in [-0.4, -0.2) is 36.7 Å². The Morgan fingerprint density at radius 2 is 1.66 bits per heavy atom. The highest BCUT2D eigenvalue weighted by molar-refractivity contribution is 6.31. The van der Waals surface area contributed by atoms with Crippen molar-refractivity contribution in [3.63, 3.8) is 0 Å². The summed E-state index contributed by atoms with van der Waals surface area (Å²) in [5, 5.41) is 15.3. The number of pyridine rings is 1. The van der Waals surface area contributed by atoms with Crippen LogP contribution in [0.15, 0.2) is 85.2 Å². The van der Waals surface area contributed by atoms with Gasteiger partial charge in [-0.1, -0.05) is 35.3 Å². The van der Waals surface area contributed by atoms with Gasteiger partial charge in [-0.15, -0.1) is 0 Å². The largest absolute Gasteiger partial charge is 0.464 e. The van der Waals surface area contributed by atoms with Crippen molar-refractivity contribution in [1.29, 1.82) is 0 Å². The number of carboxylic acid groups (broad SMARTS) is 1. The lowest BCUT2D eigenvalue weighted by Gasteiger charge is -2.17. The third kappa shape index (κ3) is 4.32. The maximum absolute atomic E-state index is 13.1. The molecule has 0 unspecified atom stereocenters. The second-order valence-corrected chi connectivity index (χ2v) is 8.32. The van der Waals surface area contributed by atoms with Gasteiger partial charge in [0.2, 0.25) is 0 Å². The van der Waals surface area contributed by atoms with Crippen LogP contribution in [0.2, 0.25) is 10.0 Å². The van der Waals surface area contributed by atoms with Gasteiger partial charge in [0.25, 0.3) is 5.91 Å². The van der Waals surface area contributed by atoms with E-state index in [1.807, 2.05) is 12.1 Å². The SMILES string of the molecule is O=C(O)N(C(=O)c1ccc(Cl)cc1)c1cc(-c2c(-c3cccc(Cl)c3)nc3cccnn23)ccn1. The summed E-state index contributed by atoms with van der Waals surface area (Å²) >= 11 is 12.1. The number of amides is 2. The molecule has 0 spiro atoms. The zero-order valence-electron chi connectivity index (χ0n) is 17.8. The number of carbonyl (C=O) groups is 2. The lowest BCUT2D eigenvalue weighted by Crippen LogP contribution is -2.36. The van der Waals surface area contributed by atoms with Crippen molar-refractivity contribution < 1.29 is 14.7 Å². The molecule has 0 aliphatic heterocycles. The summed E-state index contributed by atoms with van der Waals surface area (Å²) in [5.41, 5.74) is 3.24. The van der Waals surface area contributed by atoms with Gasteiger partial charge in [0.15, 0.2) is 5.65 Å². The van der Waals surface area contributed by atoms with Crippen LogP contribution in [0.3, 0.4) is 0 Å². The van der Waals surface area contributed by atoms with Gasteiger partial charge in [-0.05, 0) is 60.7 Å². The minimum atomic E-state index is -1.47. The molecule has 0 radical (unpaired) electrons. The van der Waals surface area contributed by atoms with Gasteiger partial charge >= 0.3 is 6.09 Å². The molecule has 0 aliphatic carbocycles. The Bertz CT molecular complexity index is 1580. The number of hydrogen-bond donors (Lipinski definition) is 1. The first-order chi connectivity index (χ1) is 16.9. The third-order valence-corrected chi connectivity index (χ3v) is 5.71. The second-order valence-electron chi connectivity index (χ2n) is 7.45. The molecule has 0 bridgehead atoms. The van der Waals surface area contributed by atoms with Gasteiger partial charge in [0.05, 0.1) is 5.69 Å². The van der Waals surface area contributed by atoms with E-state index in [1.54, 1.807) is 41.0 Å². The first kappa shape index (κ1) is 22.5. The number of benzene rings is 2. The van der Waals surface area contributed by atoms with Gasteiger partial charge in [-0.2, -0.15) is 10.00 Å². The molecule has 0 atom stereocenters. The maximum atomic E-state index is 13.1. The lowest BCUT2D eigenvalue weighted by atomic mass is 10.1. The number of rotatable bonds is 4. The van der Waals surface area contributed by atoms with Gasteiger partial charge in [0.1, 0.15) is 11.5 Å². The molecule has 172 valence electrons. The Morgan fingerprint density at radius 1 is 0.857 bits per heavy atom. The fourth-order valence-corrected chi connectivity index (χ4v) is 4.00. The van der Waals surface area contributed by atoms with Crippen LogP contribution < -0.4 is 4.90 Å². The molecule has 35 heavy (non-hydrogen) atoms. The van der Waals surface area contributed by atoms with Crippen LogP contribution in [0.4, 0.5) is 10.6 Å². The van der Waals surface area contributed by atoms with Gasteiger partial charge < -0.3 is 5.11 Å². The van der Waals surface area contributed by atoms with Crippen LogP contribution in [0.1, 0.15) is 10.4 Å². The van der Waals surface area contributed by atoms with Crippen LogP contribution in [0.5, 0.6) is 0 Å². The average molecular weight is 504 g/mol. The number of imide groups is 1. The molecule has 2 amide bonds. The number of aromatic nitrogens is 4. The molecule has 5 aromatic rings. The predicted octanol–water partition coefficient (Wildman–Crippen LogP) is 6.09. The number of halogens is 2. The minimum Gasteiger partial charge on any atom is -0.464 e. The normalized spacial score (nSPS) is 10.9. The summed E-state index contributed by atoms with van der Waals surface area (Å²) in [6, 6.07) is 19.9. The monoisotopic (exact) mass is 503 g/mol. The summed E-state index contributed by atoms with van der Waals surface area (Å²) in [4.78, 5) is 34.6. The smallest absolute Gasteiger partial charge is 0.420 e. The van der Waals surface area contributed by atoms with E-state index >= 15 is 0 Å². The third-order valence-electron chi connectivity index (χ3n) is 5.22.